The third-order valence-corrected chi connectivity index (χ3v) is 6.43. The van der Waals surface area contributed by atoms with Crippen molar-refractivity contribution in [1.29, 1.82) is 0 Å². The van der Waals surface area contributed by atoms with Gasteiger partial charge in [0.15, 0.2) is 0 Å². The minimum absolute atomic E-state index is 0.0241. The summed E-state index contributed by atoms with van der Waals surface area (Å²) in [5.41, 5.74) is 0.429. The normalized spacial score (nSPS) is 23.2. The Balaban J connectivity index is 1.59. The average molecular weight is 339 g/mol. The average Bonchev–Trinajstić information content (AvgIpc) is 2.57. The fraction of sp³-hybridized carbons (Fsp3) is 0.950. The molecule has 0 aromatic heterocycles. The Morgan fingerprint density at radius 3 is 2.54 bits per heavy atom. The number of piperidine rings is 2. The number of amides is 1. The monoisotopic (exact) mass is 338 g/mol. The molecule has 0 aromatic carbocycles. The van der Waals surface area contributed by atoms with Crippen molar-refractivity contribution in [2.45, 2.75) is 77.7 Å². The quantitative estimate of drug-likeness (QED) is 0.735. The third kappa shape index (κ3) is 6.03. The smallest absolute Gasteiger partial charge is 0.220 e. The van der Waals surface area contributed by atoms with E-state index in [0.29, 0.717) is 5.41 Å². The van der Waals surface area contributed by atoms with E-state index in [4.69, 9.17) is 4.74 Å². The number of carbonyl (C=O) groups is 1. The number of nitrogens with one attached hydrogen (secondary N) is 1. The highest BCUT2D eigenvalue weighted by atomic mass is 16.5. The Morgan fingerprint density at radius 2 is 1.96 bits per heavy atom. The minimum atomic E-state index is 0.0241. The number of nitrogens with zero attached hydrogens (tertiary/aromatic N) is 1. The van der Waals surface area contributed by atoms with E-state index in [9.17, 15) is 4.79 Å². The van der Waals surface area contributed by atoms with Crippen LogP contribution in [0.5, 0.6) is 0 Å². The fourth-order valence-corrected chi connectivity index (χ4v) is 4.04. The van der Waals surface area contributed by atoms with E-state index < -0.39 is 0 Å². The molecule has 4 heteroatoms. The van der Waals surface area contributed by atoms with Crippen molar-refractivity contribution in [2.24, 2.45) is 11.3 Å². The van der Waals surface area contributed by atoms with Crippen LogP contribution in [-0.4, -0.2) is 49.7 Å². The van der Waals surface area contributed by atoms with E-state index in [0.717, 1.165) is 31.7 Å². The molecule has 1 unspecified atom stereocenters. The Labute approximate surface area is 148 Å². The molecule has 2 heterocycles. The summed E-state index contributed by atoms with van der Waals surface area (Å²) in [6.45, 7) is 11.3. The van der Waals surface area contributed by atoms with Gasteiger partial charge in [0.1, 0.15) is 0 Å². The van der Waals surface area contributed by atoms with Gasteiger partial charge in [0.2, 0.25) is 5.91 Å². The van der Waals surface area contributed by atoms with Crippen LogP contribution in [0.4, 0.5) is 0 Å². The molecule has 4 nitrogen and oxygen atoms in total. The van der Waals surface area contributed by atoms with E-state index in [1.807, 2.05) is 7.11 Å². The highest BCUT2D eigenvalue weighted by Gasteiger charge is 2.37. The molecule has 0 aromatic rings. The first-order valence-corrected chi connectivity index (χ1v) is 9.88. The number of likely N-dealkylation sites (tertiary alicyclic amines) is 1. The second-order valence-electron chi connectivity index (χ2n) is 8.87. The number of ether oxygens (including phenoxy) is 1. The molecular formula is C20H38N2O2. The Kier molecular flexibility index (Phi) is 7.11. The predicted molar refractivity (Wildman–Crippen MR) is 99.1 cm³/mol. The number of hydrogen-bond donors (Lipinski definition) is 1. The Bertz CT molecular complexity index is 388. The summed E-state index contributed by atoms with van der Waals surface area (Å²) in [4.78, 5) is 14.0. The molecule has 2 fully saturated rings. The summed E-state index contributed by atoms with van der Waals surface area (Å²) >= 11 is 0. The molecule has 1 spiro atoms. The van der Waals surface area contributed by atoms with Gasteiger partial charge in [-0.3, -0.25) is 4.79 Å². The van der Waals surface area contributed by atoms with Crippen LogP contribution in [0, 0.1) is 11.3 Å². The van der Waals surface area contributed by atoms with Gasteiger partial charge < -0.3 is 15.0 Å². The largest absolute Gasteiger partial charge is 0.379 e. The van der Waals surface area contributed by atoms with E-state index in [1.165, 1.54) is 51.7 Å². The molecule has 140 valence electrons. The summed E-state index contributed by atoms with van der Waals surface area (Å²) in [7, 11) is 1.81. The fourth-order valence-electron chi connectivity index (χ4n) is 4.04. The van der Waals surface area contributed by atoms with Gasteiger partial charge in [0.25, 0.3) is 0 Å². The highest BCUT2D eigenvalue weighted by Crippen LogP contribution is 2.37. The van der Waals surface area contributed by atoms with Crippen LogP contribution in [0.2, 0.25) is 0 Å². The zero-order chi connectivity index (χ0) is 17.6. The summed E-state index contributed by atoms with van der Waals surface area (Å²) in [5, 5.41) is 3.08. The van der Waals surface area contributed by atoms with Crippen LogP contribution >= 0.6 is 0 Å². The van der Waals surface area contributed by atoms with Gasteiger partial charge in [-0.05, 0) is 76.9 Å². The number of rotatable bonds is 8. The van der Waals surface area contributed by atoms with Gasteiger partial charge in [-0.15, -0.1) is 0 Å². The Hall–Kier alpha value is -0.610. The Morgan fingerprint density at radius 1 is 1.25 bits per heavy atom. The van der Waals surface area contributed by atoms with Crippen LogP contribution < -0.4 is 5.32 Å². The molecule has 0 bridgehead atoms. The lowest BCUT2D eigenvalue weighted by Crippen LogP contribution is -2.49. The van der Waals surface area contributed by atoms with E-state index >= 15 is 0 Å². The van der Waals surface area contributed by atoms with E-state index in [1.54, 1.807) is 0 Å². The molecule has 24 heavy (non-hydrogen) atoms. The van der Waals surface area contributed by atoms with Gasteiger partial charge >= 0.3 is 0 Å². The van der Waals surface area contributed by atoms with Crippen LogP contribution in [-0.2, 0) is 9.53 Å². The second-order valence-corrected chi connectivity index (χ2v) is 8.87. The summed E-state index contributed by atoms with van der Waals surface area (Å²) < 4.78 is 5.50. The zero-order valence-electron chi connectivity index (χ0n) is 16.3. The van der Waals surface area contributed by atoms with Crippen LogP contribution in [0.3, 0.4) is 0 Å². The van der Waals surface area contributed by atoms with Gasteiger partial charge in [0, 0.05) is 20.1 Å². The molecule has 1 amide bonds. The molecule has 2 rings (SSSR count). The van der Waals surface area contributed by atoms with Crippen LogP contribution in [0.15, 0.2) is 0 Å². The van der Waals surface area contributed by atoms with E-state index in [-0.39, 0.29) is 11.5 Å². The van der Waals surface area contributed by atoms with Gasteiger partial charge in [0.05, 0.1) is 5.60 Å². The van der Waals surface area contributed by atoms with Crippen molar-refractivity contribution in [1.82, 2.24) is 10.2 Å². The molecule has 1 N–H and O–H groups in total. The maximum absolute atomic E-state index is 11.4. The lowest BCUT2D eigenvalue weighted by atomic mass is 9.73. The van der Waals surface area contributed by atoms with Crippen molar-refractivity contribution < 1.29 is 9.53 Å². The van der Waals surface area contributed by atoms with E-state index in [2.05, 4.69) is 31.0 Å². The predicted octanol–water partition coefficient (Wildman–Crippen LogP) is 3.60. The maximum atomic E-state index is 11.4. The number of carbonyl (C=O) groups excluding carboxylic acids is 1. The SMILES string of the molecule is COC(C)(C)CCCC(C)CCN1CCC2(CCC(=O)NC2)CC1. The molecule has 2 aliphatic heterocycles. The lowest BCUT2D eigenvalue weighted by molar-refractivity contribution is -0.125. The topological polar surface area (TPSA) is 41.6 Å². The van der Waals surface area contributed by atoms with Crippen molar-refractivity contribution in [3.63, 3.8) is 0 Å². The first kappa shape index (κ1) is 19.7. The highest BCUT2D eigenvalue weighted by molar-refractivity contribution is 5.76. The lowest BCUT2D eigenvalue weighted by Gasteiger charge is -2.44. The molecule has 2 aliphatic rings. The summed E-state index contributed by atoms with van der Waals surface area (Å²) in [6, 6.07) is 0. The van der Waals surface area contributed by atoms with Gasteiger partial charge in [-0.1, -0.05) is 19.8 Å². The molecule has 1 atom stereocenters. The standard InChI is InChI=1S/C20H38N2O2/c1-17(6-5-9-19(2,3)24-4)8-13-22-14-11-20(12-15-22)10-7-18(23)21-16-20/h17H,5-16H2,1-4H3,(H,21,23). The third-order valence-electron chi connectivity index (χ3n) is 6.43. The first-order chi connectivity index (χ1) is 11.3. The van der Waals surface area contributed by atoms with Crippen molar-refractivity contribution >= 4 is 5.91 Å². The minimum Gasteiger partial charge on any atom is -0.379 e. The van der Waals surface area contributed by atoms with Gasteiger partial charge in [-0.2, -0.15) is 0 Å². The molecule has 0 saturated carbocycles. The molecule has 0 radical (unpaired) electrons. The van der Waals surface area contributed by atoms with Crippen molar-refractivity contribution in [3.05, 3.63) is 0 Å². The van der Waals surface area contributed by atoms with Gasteiger partial charge in [-0.25, -0.2) is 0 Å². The molecule has 0 aliphatic carbocycles. The molecule has 2 saturated heterocycles. The van der Waals surface area contributed by atoms with Crippen molar-refractivity contribution in [3.8, 4) is 0 Å². The second kappa shape index (κ2) is 8.66. The number of hydrogen-bond acceptors (Lipinski definition) is 3. The molecular weight excluding hydrogens is 300 g/mol. The summed E-state index contributed by atoms with van der Waals surface area (Å²) in [6.07, 6.45) is 9.34. The van der Waals surface area contributed by atoms with Crippen LogP contribution in [0.1, 0.15) is 72.1 Å². The van der Waals surface area contributed by atoms with Crippen molar-refractivity contribution in [2.75, 3.05) is 33.3 Å². The maximum Gasteiger partial charge on any atom is 0.220 e. The number of methoxy groups -OCH3 is 1. The summed E-state index contributed by atoms with van der Waals surface area (Å²) in [5.74, 6) is 1.04. The van der Waals surface area contributed by atoms with Crippen LogP contribution in [0.25, 0.3) is 0 Å². The first-order valence-electron chi connectivity index (χ1n) is 9.88. The zero-order valence-corrected chi connectivity index (χ0v) is 16.3.